The van der Waals surface area contributed by atoms with E-state index in [1.165, 1.54) is 6.07 Å². The maximum atomic E-state index is 14.4. The molecule has 2 N–H and O–H groups in total. The molecule has 0 unspecified atom stereocenters. The van der Waals surface area contributed by atoms with Crippen LogP contribution in [0.3, 0.4) is 0 Å². The Morgan fingerprint density at radius 3 is 2.90 bits per heavy atom. The summed E-state index contributed by atoms with van der Waals surface area (Å²) in [7, 11) is 2.13. The van der Waals surface area contributed by atoms with Crippen molar-refractivity contribution in [3.63, 3.8) is 0 Å². The van der Waals surface area contributed by atoms with Gasteiger partial charge in [-0.15, -0.1) is 0 Å². The number of halogens is 1. The van der Waals surface area contributed by atoms with Gasteiger partial charge in [-0.25, -0.2) is 4.39 Å². The maximum absolute atomic E-state index is 14.4. The normalized spacial score (nSPS) is 26.5. The van der Waals surface area contributed by atoms with E-state index in [1.807, 2.05) is 18.2 Å². The number of carbonyl (C=O) groups is 1. The van der Waals surface area contributed by atoms with Crippen LogP contribution in [0.25, 0.3) is 10.9 Å². The third kappa shape index (κ3) is 4.28. The van der Waals surface area contributed by atoms with Crippen molar-refractivity contribution in [1.29, 1.82) is 0 Å². The second-order valence-corrected chi connectivity index (χ2v) is 9.02. The molecule has 0 bridgehead atoms. The van der Waals surface area contributed by atoms with Crippen LogP contribution in [0.2, 0.25) is 0 Å². The summed E-state index contributed by atoms with van der Waals surface area (Å²) >= 11 is 0. The molecule has 2 saturated heterocycles. The topological polar surface area (TPSA) is 57.3 Å². The largest absolute Gasteiger partial charge is 0.345 e. The zero-order valence-electron chi connectivity index (χ0n) is 17.4. The number of nitrogens with zero attached hydrogens (tertiary/aromatic N) is 2. The number of carbonyl (C=O) groups excluding carboxylic acids is 1. The standard InChI is InChI=1S/C23H31FN4O/c1-16-13-23(15-25-14-16,27-21(29)12-17-7-10-28(2)11-8-17)19-5-6-20(24)22-18(19)4-3-9-26-22/h3-6,9,16-17,25H,7-8,10-15H2,1-2H3,(H,27,29)/t16-,23-/m0/s1. The van der Waals surface area contributed by atoms with Crippen molar-refractivity contribution in [2.45, 2.75) is 38.1 Å². The van der Waals surface area contributed by atoms with Crippen LogP contribution in [-0.2, 0) is 10.3 Å². The number of likely N-dealkylation sites (tertiary alicyclic amines) is 1. The minimum absolute atomic E-state index is 0.0943. The molecular weight excluding hydrogens is 367 g/mol. The predicted octanol–water partition coefficient (Wildman–Crippen LogP) is 3.05. The highest BCUT2D eigenvalue weighted by atomic mass is 19.1. The van der Waals surface area contributed by atoms with Gasteiger partial charge in [0, 0.05) is 24.5 Å². The molecule has 4 rings (SSSR count). The zero-order valence-corrected chi connectivity index (χ0v) is 17.4. The number of piperidine rings is 2. The Labute approximate surface area is 172 Å². The molecule has 0 radical (unpaired) electrons. The molecule has 0 spiro atoms. The molecule has 2 fully saturated rings. The van der Waals surface area contributed by atoms with Gasteiger partial charge in [0.1, 0.15) is 11.3 Å². The van der Waals surface area contributed by atoms with E-state index in [0.29, 0.717) is 30.3 Å². The summed E-state index contributed by atoms with van der Waals surface area (Å²) in [5, 5.41) is 7.65. The van der Waals surface area contributed by atoms with Gasteiger partial charge in [-0.05, 0) is 75.5 Å². The number of nitrogens with one attached hydrogen (secondary N) is 2. The second-order valence-electron chi connectivity index (χ2n) is 9.02. The number of rotatable bonds is 4. The number of hydrogen-bond acceptors (Lipinski definition) is 4. The molecule has 6 heteroatoms. The number of amides is 1. The van der Waals surface area contributed by atoms with Crippen molar-refractivity contribution in [2.24, 2.45) is 11.8 Å². The van der Waals surface area contributed by atoms with E-state index in [9.17, 15) is 9.18 Å². The van der Waals surface area contributed by atoms with E-state index in [-0.39, 0.29) is 11.7 Å². The van der Waals surface area contributed by atoms with Gasteiger partial charge >= 0.3 is 0 Å². The SMILES string of the molecule is C[C@@H]1CNC[C@](NC(=O)CC2CCN(C)CC2)(c2ccc(F)c3ncccc23)C1. The van der Waals surface area contributed by atoms with Gasteiger partial charge in [0.25, 0.3) is 0 Å². The number of aromatic nitrogens is 1. The first-order valence-electron chi connectivity index (χ1n) is 10.7. The molecule has 29 heavy (non-hydrogen) atoms. The van der Waals surface area contributed by atoms with Crippen molar-refractivity contribution in [2.75, 3.05) is 33.2 Å². The first-order chi connectivity index (χ1) is 14.0. The monoisotopic (exact) mass is 398 g/mol. The molecule has 1 aromatic heterocycles. The fraction of sp³-hybridized carbons (Fsp3) is 0.565. The Hall–Kier alpha value is -2.05. The molecule has 2 atom stereocenters. The summed E-state index contributed by atoms with van der Waals surface area (Å²) in [5.41, 5.74) is 0.778. The van der Waals surface area contributed by atoms with Crippen LogP contribution in [0.1, 0.15) is 38.2 Å². The van der Waals surface area contributed by atoms with Gasteiger partial charge in [0.05, 0.1) is 5.54 Å². The van der Waals surface area contributed by atoms with Crippen LogP contribution >= 0.6 is 0 Å². The Bertz CT molecular complexity index is 880. The van der Waals surface area contributed by atoms with E-state index in [4.69, 9.17) is 0 Å². The van der Waals surface area contributed by atoms with Crippen LogP contribution in [0, 0.1) is 17.7 Å². The summed E-state index contributed by atoms with van der Waals surface area (Å²) in [6.07, 6.45) is 5.13. The zero-order chi connectivity index (χ0) is 20.4. The van der Waals surface area contributed by atoms with Gasteiger partial charge in [0.2, 0.25) is 5.91 Å². The van der Waals surface area contributed by atoms with Crippen LogP contribution in [0.5, 0.6) is 0 Å². The van der Waals surface area contributed by atoms with Gasteiger partial charge in [-0.2, -0.15) is 0 Å². The van der Waals surface area contributed by atoms with E-state index in [0.717, 1.165) is 49.8 Å². The molecule has 1 aromatic carbocycles. The van der Waals surface area contributed by atoms with Crippen LogP contribution < -0.4 is 10.6 Å². The van der Waals surface area contributed by atoms with Crippen LogP contribution in [0.4, 0.5) is 4.39 Å². The van der Waals surface area contributed by atoms with E-state index in [2.05, 4.69) is 34.5 Å². The van der Waals surface area contributed by atoms with E-state index < -0.39 is 5.54 Å². The summed E-state index contributed by atoms with van der Waals surface area (Å²) in [5.74, 6) is 0.610. The molecule has 2 aliphatic rings. The third-order valence-electron chi connectivity index (χ3n) is 6.54. The van der Waals surface area contributed by atoms with Gasteiger partial charge in [-0.3, -0.25) is 9.78 Å². The maximum Gasteiger partial charge on any atom is 0.221 e. The first kappa shape index (κ1) is 20.2. The van der Waals surface area contributed by atoms with Crippen molar-refractivity contribution in [3.05, 3.63) is 41.8 Å². The van der Waals surface area contributed by atoms with E-state index in [1.54, 1.807) is 6.20 Å². The number of hydrogen-bond donors (Lipinski definition) is 2. The molecule has 1 amide bonds. The minimum Gasteiger partial charge on any atom is -0.345 e. The summed E-state index contributed by atoms with van der Waals surface area (Å²) in [6, 6.07) is 7.05. The number of benzene rings is 1. The molecule has 2 aromatic rings. The minimum atomic E-state index is -0.546. The average molecular weight is 399 g/mol. The predicted molar refractivity (Wildman–Crippen MR) is 113 cm³/mol. The smallest absolute Gasteiger partial charge is 0.221 e. The van der Waals surface area contributed by atoms with Gasteiger partial charge < -0.3 is 15.5 Å². The first-order valence-corrected chi connectivity index (χ1v) is 10.7. The fourth-order valence-corrected chi connectivity index (χ4v) is 5.04. The van der Waals surface area contributed by atoms with Crippen molar-refractivity contribution in [3.8, 4) is 0 Å². The highest BCUT2D eigenvalue weighted by Crippen LogP contribution is 2.36. The van der Waals surface area contributed by atoms with Crippen LogP contribution in [-0.4, -0.2) is 49.0 Å². The molecule has 0 saturated carbocycles. The molecule has 5 nitrogen and oxygen atoms in total. The number of pyridine rings is 1. The number of fused-ring (bicyclic) bond motifs is 1. The van der Waals surface area contributed by atoms with Gasteiger partial charge in [-0.1, -0.05) is 19.1 Å². The average Bonchev–Trinajstić information content (AvgIpc) is 2.70. The summed E-state index contributed by atoms with van der Waals surface area (Å²) < 4.78 is 14.4. The lowest BCUT2D eigenvalue weighted by Gasteiger charge is -2.42. The Morgan fingerprint density at radius 2 is 2.14 bits per heavy atom. The molecule has 0 aliphatic carbocycles. The lowest BCUT2D eigenvalue weighted by Crippen LogP contribution is -2.57. The highest BCUT2D eigenvalue weighted by molar-refractivity contribution is 5.85. The summed E-state index contributed by atoms with van der Waals surface area (Å²) in [6.45, 7) is 5.86. The molecular formula is C23H31FN4O. The van der Waals surface area contributed by atoms with Crippen LogP contribution in [0.15, 0.2) is 30.5 Å². The summed E-state index contributed by atoms with van der Waals surface area (Å²) in [4.78, 5) is 19.7. The van der Waals surface area contributed by atoms with Crippen molar-refractivity contribution in [1.82, 2.24) is 20.5 Å². The third-order valence-corrected chi connectivity index (χ3v) is 6.54. The second kappa shape index (κ2) is 8.36. The Balaban J connectivity index is 1.64. The Kier molecular flexibility index (Phi) is 5.83. The lowest BCUT2D eigenvalue weighted by molar-refractivity contribution is -0.124. The highest BCUT2D eigenvalue weighted by Gasteiger charge is 2.39. The fourth-order valence-electron chi connectivity index (χ4n) is 5.04. The lowest BCUT2D eigenvalue weighted by atomic mass is 9.77. The molecule has 156 valence electrons. The van der Waals surface area contributed by atoms with Crippen molar-refractivity contribution < 1.29 is 9.18 Å². The quantitative estimate of drug-likeness (QED) is 0.831. The van der Waals surface area contributed by atoms with E-state index >= 15 is 0 Å². The molecule has 3 heterocycles. The van der Waals surface area contributed by atoms with Crippen molar-refractivity contribution >= 4 is 16.8 Å². The molecule has 2 aliphatic heterocycles. The van der Waals surface area contributed by atoms with Gasteiger partial charge in [0.15, 0.2) is 0 Å². The Morgan fingerprint density at radius 1 is 1.34 bits per heavy atom.